The summed E-state index contributed by atoms with van der Waals surface area (Å²) in [5.74, 6) is -0.765. The van der Waals surface area contributed by atoms with Crippen LogP contribution in [0.4, 0.5) is 13.2 Å². The van der Waals surface area contributed by atoms with Gasteiger partial charge in [0.2, 0.25) is 0 Å². The number of carboxylic acids is 1. The van der Waals surface area contributed by atoms with Crippen LogP contribution in [0.3, 0.4) is 0 Å². The minimum atomic E-state index is -4.68. The molecule has 1 N–H and O–H groups in total. The van der Waals surface area contributed by atoms with Crippen molar-refractivity contribution in [3.63, 3.8) is 0 Å². The SMILES string of the molecule is CCC(c1ccc2ccc(C(=O)O)cc2c1)n1cc(OC)c(-c2cc(Cl)ccc2-n2cc(C(F)(F)F)nn2)cc1=O. The van der Waals surface area contributed by atoms with Crippen molar-refractivity contribution in [2.24, 2.45) is 0 Å². The molecule has 1 atom stereocenters. The number of carbonyl (C=O) groups is 1. The van der Waals surface area contributed by atoms with Gasteiger partial charge in [0, 0.05) is 22.2 Å². The molecule has 8 nitrogen and oxygen atoms in total. The monoisotopic (exact) mass is 582 g/mol. The second kappa shape index (κ2) is 10.7. The third kappa shape index (κ3) is 5.40. The van der Waals surface area contributed by atoms with E-state index < -0.39 is 29.4 Å². The minimum Gasteiger partial charge on any atom is -0.495 e. The van der Waals surface area contributed by atoms with Crippen LogP contribution >= 0.6 is 11.6 Å². The zero-order valence-electron chi connectivity index (χ0n) is 21.7. The maximum Gasteiger partial charge on any atom is 0.436 e. The van der Waals surface area contributed by atoms with Crippen LogP contribution < -0.4 is 10.3 Å². The maximum atomic E-state index is 13.5. The van der Waals surface area contributed by atoms with E-state index in [1.807, 2.05) is 25.1 Å². The fraction of sp³-hybridized carbons (Fsp3) is 0.172. The predicted molar refractivity (Wildman–Crippen MR) is 147 cm³/mol. The number of alkyl halides is 3. The Bertz CT molecular complexity index is 1850. The highest BCUT2D eigenvalue weighted by molar-refractivity contribution is 6.31. The molecule has 12 heteroatoms. The lowest BCUT2D eigenvalue weighted by Crippen LogP contribution is -2.25. The van der Waals surface area contributed by atoms with Crippen LogP contribution in [0.5, 0.6) is 5.75 Å². The van der Waals surface area contributed by atoms with Crippen molar-refractivity contribution < 1.29 is 27.8 Å². The lowest BCUT2D eigenvalue weighted by atomic mass is 9.98. The highest BCUT2D eigenvalue weighted by Crippen LogP contribution is 2.37. The number of fused-ring (bicyclic) bond motifs is 1. The first-order valence-corrected chi connectivity index (χ1v) is 12.7. The van der Waals surface area contributed by atoms with Crippen LogP contribution in [0.15, 0.2) is 77.9 Å². The average Bonchev–Trinajstić information content (AvgIpc) is 3.44. The first-order valence-electron chi connectivity index (χ1n) is 12.4. The first kappa shape index (κ1) is 27.9. The molecule has 0 radical (unpaired) electrons. The van der Waals surface area contributed by atoms with Crippen molar-refractivity contribution in [1.29, 1.82) is 0 Å². The Hall–Kier alpha value is -4.64. The maximum absolute atomic E-state index is 13.5. The summed E-state index contributed by atoms with van der Waals surface area (Å²) in [5, 5.41) is 18.1. The van der Waals surface area contributed by atoms with Crippen molar-refractivity contribution in [2.75, 3.05) is 7.11 Å². The molecule has 0 spiro atoms. The molecule has 0 aliphatic heterocycles. The molecule has 0 aliphatic rings. The number of pyridine rings is 1. The van der Waals surface area contributed by atoms with Gasteiger partial charge in [0.25, 0.3) is 5.56 Å². The van der Waals surface area contributed by atoms with Crippen LogP contribution in [-0.4, -0.2) is 37.7 Å². The Morgan fingerprint density at radius 1 is 1.02 bits per heavy atom. The van der Waals surface area contributed by atoms with E-state index in [9.17, 15) is 27.9 Å². The Kier molecular flexibility index (Phi) is 7.31. The number of benzene rings is 3. The fourth-order valence-corrected chi connectivity index (χ4v) is 4.95. The Balaban J connectivity index is 1.62. The topological polar surface area (TPSA) is 99.2 Å². The zero-order valence-corrected chi connectivity index (χ0v) is 22.4. The molecule has 2 aromatic heterocycles. The van der Waals surface area contributed by atoms with Gasteiger partial charge in [-0.15, -0.1) is 5.10 Å². The van der Waals surface area contributed by atoms with E-state index in [1.54, 1.807) is 12.1 Å². The van der Waals surface area contributed by atoms with Gasteiger partial charge in [-0.25, -0.2) is 9.48 Å². The Labute approximate surface area is 236 Å². The largest absolute Gasteiger partial charge is 0.495 e. The number of aromatic nitrogens is 4. The molecule has 0 bridgehead atoms. The molecule has 0 saturated heterocycles. The molecule has 0 saturated carbocycles. The van der Waals surface area contributed by atoms with Gasteiger partial charge in [0.1, 0.15) is 5.75 Å². The number of hydrogen-bond donors (Lipinski definition) is 1. The molecule has 3 aromatic carbocycles. The number of rotatable bonds is 7. The van der Waals surface area contributed by atoms with Crippen LogP contribution in [0.25, 0.3) is 27.6 Å². The predicted octanol–water partition coefficient (Wildman–Crippen LogP) is 6.63. The molecule has 0 fully saturated rings. The van der Waals surface area contributed by atoms with Crippen LogP contribution in [0.1, 0.15) is 41.0 Å². The van der Waals surface area contributed by atoms with Crippen molar-refractivity contribution in [1.82, 2.24) is 19.6 Å². The summed E-state index contributed by atoms with van der Waals surface area (Å²) >= 11 is 6.24. The van der Waals surface area contributed by atoms with E-state index in [0.29, 0.717) is 22.9 Å². The first-order chi connectivity index (χ1) is 19.5. The summed E-state index contributed by atoms with van der Waals surface area (Å²) in [6.45, 7) is 1.91. The molecule has 210 valence electrons. The number of halogens is 4. The Morgan fingerprint density at radius 2 is 1.78 bits per heavy atom. The summed E-state index contributed by atoms with van der Waals surface area (Å²) in [6.07, 6.45) is -1.87. The van der Waals surface area contributed by atoms with E-state index in [4.69, 9.17) is 16.3 Å². The highest BCUT2D eigenvalue weighted by atomic mass is 35.5. The van der Waals surface area contributed by atoms with Crippen molar-refractivity contribution in [3.8, 4) is 22.6 Å². The summed E-state index contributed by atoms with van der Waals surface area (Å²) in [7, 11) is 1.42. The van der Waals surface area contributed by atoms with Gasteiger partial charge in [-0.2, -0.15) is 13.2 Å². The van der Waals surface area contributed by atoms with Crippen molar-refractivity contribution >= 4 is 28.3 Å². The Morgan fingerprint density at radius 3 is 2.44 bits per heavy atom. The molecule has 5 aromatic rings. The van der Waals surface area contributed by atoms with Crippen LogP contribution in [0, 0.1) is 0 Å². The van der Waals surface area contributed by atoms with Crippen LogP contribution in [0.2, 0.25) is 5.02 Å². The number of ether oxygens (including phenoxy) is 1. The lowest BCUT2D eigenvalue weighted by molar-refractivity contribution is -0.141. The molecule has 2 heterocycles. The summed E-state index contributed by atoms with van der Waals surface area (Å²) in [5.41, 5.74) is 0.198. The zero-order chi connectivity index (χ0) is 29.5. The molecular formula is C29H22ClF3N4O4. The second-order valence-electron chi connectivity index (χ2n) is 9.26. The van der Waals surface area contributed by atoms with Gasteiger partial charge in [-0.05, 0) is 59.2 Å². The van der Waals surface area contributed by atoms with E-state index in [-0.39, 0.29) is 22.0 Å². The molecule has 0 aliphatic carbocycles. The van der Waals surface area contributed by atoms with Gasteiger partial charge < -0.3 is 14.4 Å². The quantitative estimate of drug-likeness (QED) is 0.231. The van der Waals surface area contributed by atoms with Gasteiger partial charge in [0.15, 0.2) is 5.69 Å². The summed E-state index contributed by atoms with van der Waals surface area (Å²) in [4.78, 5) is 25.0. The number of aromatic carboxylic acids is 1. The van der Waals surface area contributed by atoms with E-state index in [1.165, 1.54) is 48.2 Å². The number of methoxy groups -OCH3 is 1. The molecular weight excluding hydrogens is 561 g/mol. The fourth-order valence-electron chi connectivity index (χ4n) is 4.78. The molecule has 1 unspecified atom stereocenters. The van der Waals surface area contributed by atoms with E-state index in [2.05, 4.69) is 10.3 Å². The number of carboxylic acid groups (broad SMARTS) is 1. The van der Waals surface area contributed by atoms with E-state index >= 15 is 0 Å². The van der Waals surface area contributed by atoms with Gasteiger partial charge >= 0.3 is 12.1 Å². The van der Waals surface area contributed by atoms with Gasteiger partial charge in [0.05, 0.1) is 36.8 Å². The second-order valence-corrected chi connectivity index (χ2v) is 9.70. The van der Waals surface area contributed by atoms with Crippen molar-refractivity contribution in [2.45, 2.75) is 25.6 Å². The van der Waals surface area contributed by atoms with Gasteiger partial charge in [-0.3, -0.25) is 4.79 Å². The minimum absolute atomic E-state index is 0.151. The smallest absolute Gasteiger partial charge is 0.436 e. The normalized spacial score (nSPS) is 12.4. The van der Waals surface area contributed by atoms with Crippen LogP contribution in [-0.2, 0) is 6.18 Å². The summed E-state index contributed by atoms with van der Waals surface area (Å²) in [6, 6.07) is 15.8. The third-order valence-corrected chi connectivity index (χ3v) is 7.00. The third-order valence-electron chi connectivity index (χ3n) is 6.76. The average molecular weight is 583 g/mol. The molecule has 0 amide bonds. The van der Waals surface area contributed by atoms with Crippen molar-refractivity contribution in [3.05, 3.63) is 105 Å². The van der Waals surface area contributed by atoms with E-state index in [0.717, 1.165) is 21.8 Å². The molecule has 5 rings (SSSR count). The van der Waals surface area contributed by atoms with Gasteiger partial charge in [-0.1, -0.05) is 41.9 Å². The standard InChI is InChI=1S/C29H22ClF3N4O4/c1-3-23(17-6-4-16-5-7-18(28(39)40)11-19(16)10-17)36-14-25(41-2)22(13-27(36)38)21-12-20(30)8-9-24(21)37-15-26(34-35-37)29(31,32)33/h4-15,23H,3H2,1-2H3,(H,39,40). The summed E-state index contributed by atoms with van der Waals surface area (Å²) < 4.78 is 47.7. The molecule has 41 heavy (non-hydrogen) atoms. The lowest BCUT2D eigenvalue weighted by Gasteiger charge is -2.22. The highest BCUT2D eigenvalue weighted by Gasteiger charge is 2.35. The number of nitrogens with zero attached hydrogens (tertiary/aromatic N) is 4. The number of hydrogen-bond acceptors (Lipinski definition) is 5.